The Kier molecular flexibility index (Phi) is 5.85. The zero-order valence-corrected chi connectivity index (χ0v) is 15.2. The van der Waals surface area contributed by atoms with E-state index in [2.05, 4.69) is 27.2 Å². The average Bonchev–Trinajstić information content (AvgIpc) is 3.22. The number of carbonyl (C=O) groups excluding carboxylic acids is 1. The molecule has 0 fully saturated rings. The maximum absolute atomic E-state index is 12.0. The highest BCUT2D eigenvalue weighted by molar-refractivity contribution is 7.99. The van der Waals surface area contributed by atoms with Crippen molar-refractivity contribution in [1.29, 1.82) is 0 Å². The van der Waals surface area contributed by atoms with Crippen LogP contribution in [0, 0.1) is 6.92 Å². The fourth-order valence-electron chi connectivity index (χ4n) is 2.36. The van der Waals surface area contributed by atoms with E-state index in [1.807, 2.05) is 34.9 Å². The lowest BCUT2D eigenvalue weighted by Gasteiger charge is -2.07. The second-order valence-corrected chi connectivity index (χ2v) is 6.60. The van der Waals surface area contributed by atoms with E-state index in [0.29, 0.717) is 30.3 Å². The molecule has 8 heteroatoms. The summed E-state index contributed by atoms with van der Waals surface area (Å²) in [7, 11) is 0. The third kappa shape index (κ3) is 4.40. The fraction of sp³-hybridized carbons (Fsp3) is 0.222. The molecule has 0 bridgehead atoms. The van der Waals surface area contributed by atoms with E-state index < -0.39 is 0 Å². The summed E-state index contributed by atoms with van der Waals surface area (Å²) in [6, 6.07) is 11.5. The van der Waals surface area contributed by atoms with Crippen LogP contribution in [0.3, 0.4) is 0 Å². The summed E-state index contributed by atoms with van der Waals surface area (Å²) in [5.74, 6) is 2.32. The zero-order chi connectivity index (χ0) is 18.4. The van der Waals surface area contributed by atoms with Gasteiger partial charge in [0.2, 0.25) is 5.91 Å². The maximum atomic E-state index is 12.0. The third-order valence-electron chi connectivity index (χ3n) is 3.52. The van der Waals surface area contributed by atoms with Crippen LogP contribution in [-0.4, -0.2) is 31.6 Å². The van der Waals surface area contributed by atoms with E-state index in [9.17, 15) is 4.79 Å². The van der Waals surface area contributed by atoms with Gasteiger partial charge in [-0.05, 0) is 6.92 Å². The van der Waals surface area contributed by atoms with Crippen LogP contribution in [0.4, 0.5) is 5.82 Å². The third-order valence-corrected chi connectivity index (χ3v) is 4.48. The van der Waals surface area contributed by atoms with Crippen LogP contribution in [0.15, 0.2) is 58.7 Å². The molecule has 0 aliphatic carbocycles. The zero-order valence-electron chi connectivity index (χ0n) is 14.4. The quantitative estimate of drug-likeness (QED) is 0.483. The Bertz CT molecular complexity index is 888. The molecular formula is C18H19N5O2S. The predicted octanol–water partition coefficient (Wildman–Crippen LogP) is 3.55. The molecule has 0 aliphatic heterocycles. The van der Waals surface area contributed by atoms with Crippen LogP contribution >= 0.6 is 11.8 Å². The number of nitrogens with one attached hydrogen (secondary N) is 1. The van der Waals surface area contributed by atoms with Crippen LogP contribution in [0.5, 0.6) is 0 Å². The molecule has 0 aliphatic rings. The first-order chi connectivity index (χ1) is 12.7. The van der Waals surface area contributed by atoms with Crippen LogP contribution in [0.25, 0.3) is 11.4 Å². The number of hydrogen-bond donors (Lipinski definition) is 1. The van der Waals surface area contributed by atoms with Gasteiger partial charge in [0.1, 0.15) is 5.76 Å². The van der Waals surface area contributed by atoms with E-state index in [1.54, 1.807) is 19.1 Å². The van der Waals surface area contributed by atoms with Crippen LogP contribution in [0.1, 0.15) is 12.2 Å². The molecule has 2 aromatic heterocycles. The fourth-order valence-corrected chi connectivity index (χ4v) is 3.24. The minimum absolute atomic E-state index is 0.121. The minimum atomic E-state index is -0.121. The molecule has 0 spiro atoms. The second-order valence-electron chi connectivity index (χ2n) is 5.54. The van der Waals surface area contributed by atoms with Gasteiger partial charge in [-0.2, -0.15) is 0 Å². The molecule has 26 heavy (non-hydrogen) atoms. The van der Waals surface area contributed by atoms with Gasteiger partial charge in [0, 0.05) is 30.3 Å². The minimum Gasteiger partial charge on any atom is -0.360 e. The smallest absolute Gasteiger partial charge is 0.226 e. The van der Waals surface area contributed by atoms with Gasteiger partial charge in [-0.25, -0.2) is 0 Å². The number of rotatable bonds is 8. The number of anilines is 1. The van der Waals surface area contributed by atoms with E-state index in [1.165, 1.54) is 11.8 Å². The number of allylic oxidation sites excluding steroid dienone is 1. The normalized spacial score (nSPS) is 10.7. The monoisotopic (exact) mass is 369 g/mol. The first-order valence-corrected chi connectivity index (χ1v) is 9.11. The molecule has 0 saturated heterocycles. The van der Waals surface area contributed by atoms with Crippen molar-refractivity contribution in [2.24, 2.45) is 0 Å². The van der Waals surface area contributed by atoms with Gasteiger partial charge in [-0.3, -0.25) is 9.36 Å². The first kappa shape index (κ1) is 17.9. The summed E-state index contributed by atoms with van der Waals surface area (Å²) in [4.78, 5) is 12.0. The van der Waals surface area contributed by atoms with Crippen molar-refractivity contribution in [3.63, 3.8) is 0 Å². The predicted molar refractivity (Wildman–Crippen MR) is 101 cm³/mol. The molecule has 1 aromatic carbocycles. The number of aromatic nitrogens is 4. The average molecular weight is 369 g/mol. The van der Waals surface area contributed by atoms with Gasteiger partial charge in [0.25, 0.3) is 0 Å². The first-order valence-electron chi connectivity index (χ1n) is 8.13. The molecule has 7 nitrogen and oxygen atoms in total. The topological polar surface area (TPSA) is 85.8 Å². The molecule has 0 radical (unpaired) electrons. The summed E-state index contributed by atoms with van der Waals surface area (Å²) in [6.45, 7) is 6.18. The Balaban J connectivity index is 1.61. The molecule has 134 valence electrons. The summed E-state index contributed by atoms with van der Waals surface area (Å²) in [6.07, 6.45) is 2.14. The number of hydrogen-bond acceptors (Lipinski definition) is 6. The van der Waals surface area contributed by atoms with Crippen LogP contribution in [0.2, 0.25) is 0 Å². The lowest BCUT2D eigenvalue weighted by molar-refractivity contribution is -0.115. The molecule has 1 N–H and O–H groups in total. The maximum Gasteiger partial charge on any atom is 0.226 e. The van der Waals surface area contributed by atoms with Gasteiger partial charge in [0.15, 0.2) is 16.8 Å². The number of benzene rings is 1. The van der Waals surface area contributed by atoms with Crippen LogP contribution < -0.4 is 5.32 Å². The molecule has 3 aromatic rings. The number of amides is 1. The summed E-state index contributed by atoms with van der Waals surface area (Å²) in [5, 5.41) is 15.8. The van der Waals surface area contributed by atoms with Gasteiger partial charge >= 0.3 is 0 Å². The van der Waals surface area contributed by atoms with Gasteiger partial charge in [0.05, 0.1) is 0 Å². The van der Waals surface area contributed by atoms with E-state index >= 15 is 0 Å². The largest absolute Gasteiger partial charge is 0.360 e. The van der Waals surface area contributed by atoms with Crippen molar-refractivity contribution in [1.82, 2.24) is 19.9 Å². The number of thioether (sulfide) groups is 1. The number of carbonyl (C=O) groups is 1. The van der Waals surface area contributed by atoms with Gasteiger partial charge < -0.3 is 9.84 Å². The Hall–Kier alpha value is -2.87. The van der Waals surface area contributed by atoms with Crippen molar-refractivity contribution in [2.75, 3.05) is 11.1 Å². The van der Waals surface area contributed by atoms with Crippen molar-refractivity contribution < 1.29 is 9.32 Å². The standard InChI is InChI=1S/C18H19N5O2S/c1-3-10-23-17(14-7-5-4-6-8-14)20-21-18(23)26-11-9-16(24)19-15-12-13(2)25-22-15/h3-8,12H,1,9-11H2,2H3,(H,19,22,24). The highest BCUT2D eigenvalue weighted by Crippen LogP contribution is 2.24. The summed E-state index contributed by atoms with van der Waals surface area (Å²) >= 11 is 1.48. The molecular weight excluding hydrogens is 350 g/mol. The highest BCUT2D eigenvalue weighted by Gasteiger charge is 2.14. The Labute approximate surface area is 155 Å². The molecule has 3 rings (SSSR count). The Morgan fingerprint density at radius 3 is 2.85 bits per heavy atom. The lowest BCUT2D eigenvalue weighted by Crippen LogP contribution is -2.12. The Morgan fingerprint density at radius 2 is 2.15 bits per heavy atom. The summed E-state index contributed by atoms with van der Waals surface area (Å²) < 4.78 is 6.92. The molecule has 0 unspecified atom stereocenters. The van der Waals surface area contributed by atoms with Crippen molar-refractivity contribution in [3.05, 3.63) is 54.8 Å². The summed E-state index contributed by atoms with van der Waals surface area (Å²) in [5.41, 5.74) is 0.993. The van der Waals surface area contributed by atoms with Gasteiger partial charge in [-0.15, -0.1) is 16.8 Å². The molecule has 2 heterocycles. The van der Waals surface area contributed by atoms with Crippen molar-refractivity contribution in [2.45, 2.75) is 25.0 Å². The van der Waals surface area contributed by atoms with E-state index in [0.717, 1.165) is 16.5 Å². The van der Waals surface area contributed by atoms with E-state index in [-0.39, 0.29) is 5.91 Å². The van der Waals surface area contributed by atoms with Crippen LogP contribution in [-0.2, 0) is 11.3 Å². The Morgan fingerprint density at radius 1 is 1.35 bits per heavy atom. The number of aryl methyl sites for hydroxylation is 1. The molecule has 0 atom stereocenters. The molecule has 1 amide bonds. The second kappa shape index (κ2) is 8.48. The SMILES string of the molecule is C=CCn1c(SCCC(=O)Nc2cc(C)on2)nnc1-c1ccccc1. The van der Waals surface area contributed by atoms with Crippen molar-refractivity contribution in [3.8, 4) is 11.4 Å². The highest BCUT2D eigenvalue weighted by atomic mass is 32.2. The lowest BCUT2D eigenvalue weighted by atomic mass is 10.2. The van der Waals surface area contributed by atoms with Crippen molar-refractivity contribution >= 4 is 23.5 Å². The number of nitrogens with zero attached hydrogens (tertiary/aromatic N) is 4. The van der Waals surface area contributed by atoms with E-state index in [4.69, 9.17) is 4.52 Å². The molecule has 0 saturated carbocycles. The van der Waals surface area contributed by atoms with Gasteiger partial charge in [-0.1, -0.05) is 53.3 Å².